The van der Waals surface area contributed by atoms with Crippen molar-refractivity contribution < 1.29 is 9.53 Å². The van der Waals surface area contributed by atoms with Crippen molar-refractivity contribution in [1.82, 2.24) is 5.43 Å². The lowest BCUT2D eigenvalue weighted by atomic mass is 10.1. The number of carbonyl (C=O) groups is 1. The van der Waals surface area contributed by atoms with Crippen LogP contribution in [0.15, 0.2) is 90.0 Å². The molecule has 0 atom stereocenters. The molecule has 1 saturated heterocycles. The van der Waals surface area contributed by atoms with Gasteiger partial charge in [0.25, 0.3) is 5.91 Å². The molecule has 1 aliphatic heterocycles. The van der Waals surface area contributed by atoms with Crippen LogP contribution in [0.5, 0.6) is 5.75 Å². The van der Waals surface area contributed by atoms with Crippen LogP contribution in [0.3, 0.4) is 0 Å². The molecule has 1 heterocycles. The lowest BCUT2D eigenvalue weighted by Crippen LogP contribution is -2.19. The number of halogens is 1. The Morgan fingerprint density at radius 2 is 1.71 bits per heavy atom. The third-order valence-electron chi connectivity index (χ3n) is 6.14. The van der Waals surface area contributed by atoms with E-state index >= 15 is 0 Å². The van der Waals surface area contributed by atoms with Crippen molar-refractivity contribution in [2.24, 2.45) is 5.10 Å². The molecule has 1 amide bonds. The summed E-state index contributed by atoms with van der Waals surface area (Å²) in [5.74, 6) is 0.595. The molecule has 0 bridgehead atoms. The first-order chi connectivity index (χ1) is 17.2. The summed E-state index contributed by atoms with van der Waals surface area (Å²) in [4.78, 5) is 14.8. The normalized spacial score (nSPS) is 13.5. The summed E-state index contributed by atoms with van der Waals surface area (Å²) in [6.45, 7) is 2.67. The van der Waals surface area contributed by atoms with E-state index in [0.717, 1.165) is 33.5 Å². The van der Waals surface area contributed by atoms with Gasteiger partial charge in [-0.25, -0.2) is 5.43 Å². The van der Waals surface area contributed by atoms with Gasteiger partial charge in [0, 0.05) is 24.3 Å². The number of benzene rings is 4. The SMILES string of the molecule is O=C(N/N=C\c1ccc(OCc2ccc3ccccc3c2)c(I)c1)c1ccc(N2CCCC2)cc1. The van der Waals surface area contributed by atoms with Crippen LogP contribution < -0.4 is 15.1 Å². The van der Waals surface area contributed by atoms with E-state index < -0.39 is 0 Å². The second-order valence-electron chi connectivity index (χ2n) is 8.60. The van der Waals surface area contributed by atoms with Crippen molar-refractivity contribution in [2.45, 2.75) is 19.4 Å². The number of ether oxygens (including phenoxy) is 1. The number of hydrogen-bond donors (Lipinski definition) is 1. The Kier molecular flexibility index (Phi) is 7.28. The molecule has 0 aromatic heterocycles. The van der Waals surface area contributed by atoms with Crippen LogP contribution in [0.25, 0.3) is 10.8 Å². The predicted molar refractivity (Wildman–Crippen MR) is 150 cm³/mol. The monoisotopic (exact) mass is 575 g/mol. The Balaban J connectivity index is 1.16. The van der Waals surface area contributed by atoms with Gasteiger partial charge in [0.1, 0.15) is 12.4 Å². The van der Waals surface area contributed by atoms with Crippen LogP contribution in [0, 0.1) is 3.57 Å². The van der Waals surface area contributed by atoms with Gasteiger partial charge in [0.15, 0.2) is 0 Å². The summed E-state index contributed by atoms with van der Waals surface area (Å²) in [7, 11) is 0. The summed E-state index contributed by atoms with van der Waals surface area (Å²) < 4.78 is 7.03. The van der Waals surface area contributed by atoms with Gasteiger partial charge in [0.2, 0.25) is 0 Å². The smallest absolute Gasteiger partial charge is 0.271 e. The Labute approximate surface area is 218 Å². The highest BCUT2D eigenvalue weighted by Crippen LogP contribution is 2.24. The molecule has 0 unspecified atom stereocenters. The minimum Gasteiger partial charge on any atom is -0.488 e. The molecule has 6 heteroatoms. The van der Waals surface area contributed by atoms with Gasteiger partial charge >= 0.3 is 0 Å². The fourth-order valence-corrected chi connectivity index (χ4v) is 4.93. The van der Waals surface area contributed by atoms with Crippen LogP contribution in [0.4, 0.5) is 5.69 Å². The van der Waals surface area contributed by atoms with E-state index in [9.17, 15) is 4.79 Å². The van der Waals surface area contributed by atoms with E-state index in [2.05, 4.69) is 68.3 Å². The molecule has 1 fully saturated rings. The Morgan fingerprint density at radius 3 is 2.49 bits per heavy atom. The van der Waals surface area contributed by atoms with Crippen molar-refractivity contribution in [2.75, 3.05) is 18.0 Å². The van der Waals surface area contributed by atoms with E-state index in [1.165, 1.54) is 29.3 Å². The summed E-state index contributed by atoms with van der Waals surface area (Å²) in [6.07, 6.45) is 4.10. The van der Waals surface area contributed by atoms with Gasteiger partial charge in [-0.1, -0.05) is 36.4 Å². The summed E-state index contributed by atoms with van der Waals surface area (Å²) in [6, 6.07) is 28.2. The molecule has 0 aliphatic carbocycles. The standard InChI is InChI=1S/C29H26IN3O2/c30-27-18-21(8-14-28(27)35-20-22-7-9-23-5-1-2-6-25(23)17-22)19-31-32-29(34)24-10-12-26(13-11-24)33-15-3-4-16-33/h1-2,5-14,17-19H,3-4,15-16,20H2,(H,32,34)/b31-19-. The molecule has 1 aliphatic rings. The van der Waals surface area contributed by atoms with E-state index in [4.69, 9.17) is 4.74 Å². The molecule has 35 heavy (non-hydrogen) atoms. The number of hydrazone groups is 1. The maximum atomic E-state index is 12.4. The zero-order chi connectivity index (χ0) is 24.0. The molecule has 0 saturated carbocycles. The number of anilines is 1. The second kappa shape index (κ2) is 10.9. The third-order valence-corrected chi connectivity index (χ3v) is 6.99. The number of carbonyl (C=O) groups excluding carboxylic acids is 1. The first kappa shape index (κ1) is 23.4. The van der Waals surface area contributed by atoms with Gasteiger partial charge in [-0.3, -0.25) is 4.79 Å². The number of rotatable bonds is 7. The van der Waals surface area contributed by atoms with Crippen molar-refractivity contribution in [1.29, 1.82) is 0 Å². The number of hydrogen-bond acceptors (Lipinski definition) is 4. The number of nitrogens with one attached hydrogen (secondary N) is 1. The molecule has 4 aromatic rings. The molecule has 5 rings (SSSR count). The van der Waals surface area contributed by atoms with Gasteiger partial charge in [-0.05, 0) is 106 Å². The Morgan fingerprint density at radius 1 is 0.943 bits per heavy atom. The molecule has 0 spiro atoms. The van der Waals surface area contributed by atoms with Gasteiger partial charge in [-0.15, -0.1) is 0 Å². The molecule has 4 aromatic carbocycles. The summed E-state index contributed by atoms with van der Waals surface area (Å²) in [5, 5.41) is 6.56. The maximum Gasteiger partial charge on any atom is 0.271 e. The van der Waals surface area contributed by atoms with Crippen LogP contribution in [-0.4, -0.2) is 25.2 Å². The third kappa shape index (κ3) is 5.82. The number of nitrogens with zero attached hydrogens (tertiary/aromatic N) is 2. The molecular formula is C29H26IN3O2. The fraction of sp³-hybridized carbons (Fsp3) is 0.172. The zero-order valence-electron chi connectivity index (χ0n) is 19.3. The lowest BCUT2D eigenvalue weighted by molar-refractivity contribution is 0.0955. The van der Waals surface area contributed by atoms with Gasteiger partial charge in [0.05, 0.1) is 9.78 Å². The second-order valence-corrected chi connectivity index (χ2v) is 9.76. The largest absolute Gasteiger partial charge is 0.488 e. The van der Waals surface area contributed by atoms with E-state index in [1.807, 2.05) is 54.6 Å². The topological polar surface area (TPSA) is 53.9 Å². The summed E-state index contributed by atoms with van der Waals surface area (Å²) >= 11 is 2.26. The average molecular weight is 575 g/mol. The maximum absolute atomic E-state index is 12.4. The summed E-state index contributed by atoms with van der Waals surface area (Å²) in [5.41, 5.74) is 6.39. The van der Waals surface area contributed by atoms with Gasteiger partial charge in [-0.2, -0.15) is 5.10 Å². The molecule has 5 nitrogen and oxygen atoms in total. The first-order valence-electron chi connectivity index (χ1n) is 11.7. The molecule has 176 valence electrons. The number of fused-ring (bicyclic) bond motifs is 1. The highest BCUT2D eigenvalue weighted by Gasteiger charge is 2.13. The average Bonchev–Trinajstić information content (AvgIpc) is 3.43. The van der Waals surface area contributed by atoms with E-state index in [1.54, 1.807) is 6.21 Å². The van der Waals surface area contributed by atoms with Gasteiger partial charge < -0.3 is 9.64 Å². The van der Waals surface area contributed by atoms with Crippen LogP contribution >= 0.6 is 22.6 Å². The fourth-order valence-electron chi connectivity index (χ4n) is 4.23. The minimum atomic E-state index is -0.223. The highest BCUT2D eigenvalue weighted by atomic mass is 127. The van der Waals surface area contributed by atoms with Crippen LogP contribution in [-0.2, 0) is 6.61 Å². The molecule has 0 radical (unpaired) electrons. The molecular weight excluding hydrogens is 549 g/mol. The zero-order valence-corrected chi connectivity index (χ0v) is 21.4. The highest BCUT2D eigenvalue weighted by molar-refractivity contribution is 14.1. The molecule has 1 N–H and O–H groups in total. The Hall–Kier alpha value is -3.39. The van der Waals surface area contributed by atoms with E-state index in [-0.39, 0.29) is 5.91 Å². The van der Waals surface area contributed by atoms with Crippen molar-refractivity contribution in [3.63, 3.8) is 0 Å². The van der Waals surface area contributed by atoms with E-state index in [0.29, 0.717) is 12.2 Å². The quantitative estimate of drug-likeness (QED) is 0.158. The Bertz CT molecular complexity index is 1360. The number of amides is 1. The van der Waals surface area contributed by atoms with Crippen molar-refractivity contribution >= 4 is 51.2 Å². The minimum absolute atomic E-state index is 0.223. The van der Waals surface area contributed by atoms with Crippen LogP contribution in [0.2, 0.25) is 0 Å². The first-order valence-corrected chi connectivity index (χ1v) is 12.8. The predicted octanol–water partition coefficient (Wildman–Crippen LogP) is 6.39. The van der Waals surface area contributed by atoms with Crippen LogP contribution in [0.1, 0.15) is 34.3 Å². The van der Waals surface area contributed by atoms with Crippen molar-refractivity contribution in [3.8, 4) is 5.75 Å². The lowest BCUT2D eigenvalue weighted by Gasteiger charge is -2.17. The van der Waals surface area contributed by atoms with Crippen molar-refractivity contribution in [3.05, 3.63) is 105 Å².